The van der Waals surface area contributed by atoms with Gasteiger partial charge in [-0.05, 0) is 30.7 Å². The highest BCUT2D eigenvalue weighted by atomic mass is 35.5. The Bertz CT molecular complexity index is 1160. The number of halogens is 1. The molecule has 0 saturated heterocycles. The molecule has 1 aromatic heterocycles. The monoisotopic (exact) mass is 428 g/mol. The molecular weight excluding hydrogens is 408 g/mol. The van der Waals surface area contributed by atoms with Crippen LogP contribution in [0.3, 0.4) is 0 Å². The molecule has 156 valence electrons. The van der Waals surface area contributed by atoms with E-state index in [1.54, 1.807) is 24.3 Å². The number of carbonyl (C=O) groups excluding carboxylic acids is 2. The predicted octanol–water partition coefficient (Wildman–Crippen LogP) is 3.02. The van der Waals surface area contributed by atoms with Crippen molar-refractivity contribution in [1.82, 2.24) is 20.6 Å². The molecule has 1 heterocycles. The highest BCUT2D eigenvalue weighted by Gasteiger charge is 2.17. The molecule has 0 spiro atoms. The number of aromatic nitrogens is 2. The number of aryl methyl sites for hydroxylation is 1. The van der Waals surface area contributed by atoms with E-state index >= 15 is 0 Å². The largest absolute Gasteiger partial charge is 0.506 e. The number of nitrogens with zero attached hydrogens (tertiary/aromatic N) is 2. The number of phenols is 1. The maximum absolute atomic E-state index is 12.7. The fourth-order valence-corrected chi connectivity index (χ4v) is 3.14. The minimum atomic E-state index is -0.659. The third-order valence-electron chi connectivity index (χ3n) is 4.56. The van der Waals surface area contributed by atoms with Crippen LogP contribution in [0.4, 0.5) is 0 Å². The smallest absolute Gasteiger partial charge is 0.290 e. The van der Waals surface area contributed by atoms with Crippen molar-refractivity contribution in [2.75, 3.05) is 0 Å². The predicted molar refractivity (Wildman–Crippen MR) is 114 cm³/mol. The third-order valence-corrected chi connectivity index (χ3v) is 4.86. The molecule has 30 heavy (non-hydrogen) atoms. The zero-order valence-electron chi connectivity index (χ0n) is 16.3. The summed E-state index contributed by atoms with van der Waals surface area (Å²) in [6.45, 7) is 2.45. The Hall–Kier alpha value is -3.39. The average Bonchev–Trinajstić information content (AvgIpc) is 2.75. The summed E-state index contributed by atoms with van der Waals surface area (Å²) < 4.78 is 1.29. The molecule has 0 unspecified atom stereocenters. The summed E-state index contributed by atoms with van der Waals surface area (Å²) in [6, 6.07) is 10.6. The van der Waals surface area contributed by atoms with Gasteiger partial charge in [0, 0.05) is 17.5 Å². The minimum Gasteiger partial charge on any atom is -0.506 e. The summed E-state index contributed by atoms with van der Waals surface area (Å²) in [7, 11) is 0. The summed E-state index contributed by atoms with van der Waals surface area (Å²) in [5.41, 5.74) is 4.53. The van der Waals surface area contributed by atoms with Gasteiger partial charge < -0.3 is 5.11 Å². The van der Waals surface area contributed by atoms with Gasteiger partial charge in [0.1, 0.15) is 5.75 Å². The lowest BCUT2D eigenvalue weighted by Crippen LogP contribution is -2.42. The van der Waals surface area contributed by atoms with Crippen LogP contribution in [0.1, 0.15) is 47.0 Å². The Morgan fingerprint density at radius 1 is 1.07 bits per heavy atom. The Morgan fingerprint density at radius 3 is 2.47 bits per heavy atom. The van der Waals surface area contributed by atoms with E-state index < -0.39 is 11.8 Å². The summed E-state index contributed by atoms with van der Waals surface area (Å²) in [5.74, 6) is -1.43. The molecule has 2 amide bonds. The van der Waals surface area contributed by atoms with Gasteiger partial charge in [-0.2, -0.15) is 5.10 Å². The topological polar surface area (TPSA) is 113 Å². The highest BCUT2D eigenvalue weighted by molar-refractivity contribution is 6.32. The number of hydrogen-bond acceptors (Lipinski definition) is 5. The first-order valence-electron chi connectivity index (χ1n) is 9.51. The molecule has 0 saturated carbocycles. The van der Waals surface area contributed by atoms with Crippen LogP contribution in [0.2, 0.25) is 5.02 Å². The Balaban J connectivity index is 1.84. The molecule has 0 radical (unpaired) electrons. The summed E-state index contributed by atoms with van der Waals surface area (Å²) in [6.07, 6.45) is 2.69. The SMILES string of the molecule is CCCCCn1nc(C(=O)NNC(=O)c2ccc(O)c(Cl)c2)c2ccccc2c1=O. The quantitative estimate of drug-likeness (QED) is 0.412. The van der Waals surface area contributed by atoms with Gasteiger partial charge in [-0.1, -0.05) is 49.6 Å². The maximum atomic E-state index is 12.7. The normalized spacial score (nSPS) is 10.7. The lowest BCUT2D eigenvalue weighted by Gasteiger charge is -2.12. The fraction of sp³-hybridized carbons (Fsp3) is 0.238. The number of amides is 2. The van der Waals surface area contributed by atoms with E-state index in [2.05, 4.69) is 22.9 Å². The second-order valence-electron chi connectivity index (χ2n) is 6.70. The number of hydrogen-bond donors (Lipinski definition) is 3. The highest BCUT2D eigenvalue weighted by Crippen LogP contribution is 2.23. The first kappa shape index (κ1) is 21.3. The Kier molecular flexibility index (Phi) is 6.68. The van der Waals surface area contributed by atoms with Crippen molar-refractivity contribution < 1.29 is 14.7 Å². The molecule has 9 heteroatoms. The standard InChI is InChI=1S/C21H21ClN4O4/c1-2-3-6-11-26-21(30)15-8-5-4-7-14(15)18(25-26)20(29)24-23-19(28)13-9-10-17(27)16(22)12-13/h4-5,7-10,12,27H,2-3,6,11H2,1H3,(H,23,28)(H,24,29). The van der Waals surface area contributed by atoms with E-state index in [4.69, 9.17) is 11.6 Å². The molecule has 0 bridgehead atoms. The fourth-order valence-electron chi connectivity index (χ4n) is 2.96. The van der Waals surface area contributed by atoms with E-state index in [9.17, 15) is 19.5 Å². The molecule has 3 rings (SSSR count). The Morgan fingerprint density at radius 2 is 1.77 bits per heavy atom. The first-order valence-corrected chi connectivity index (χ1v) is 9.89. The van der Waals surface area contributed by atoms with Gasteiger partial charge in [-0.15, -0.1) is 0 Å². The van der Waals surface area contributed by atoms with E-state index in [0.717, 1.165) is 19.3 Å². The molecule has 8 nitrogen and oxygen atoms in total. The number of benzene rings is 2. The Labute approximate surface area is 177 Å². The number of hydrazine groups is 1. The van der Waals surface area contributed by atoms with Gasteiger partial charge in [0.05, 0.1) is 10.4 Å². The maximum Gasteiger partial charge on any atom is 0.290 e. The number of aromatic hydroxyl groups is 1. The molecule has 0 atom stereocenters. The zero-order valence-corrected chi connectivity index (χ0v) is 17.1. The van der Waals surface area contributed by atoms with Crippen molar-refractivity contribution in [3.63, 3.8) is 0 Å². The zero-order chi connectivity index (χ0) is 21.7. The average molecular weight is 429 g/mol. The second kappa shape index (κ2) is 9.41. The van der Waals surface area contributed by atoms with E-state index in [1.165, 1.54) is 22.9 Å². The van der Waals surface area contributed by atoms with Crippen LogP contribution < -0.4 is 16.4 Å². The molecule has 2 aromatic carbocycles. The summed E-state index contributed by atoms with van der Waals surface area (Å²) >= 11 is 5.81. The third kappa shape index (κ3) is 4.60. The molecule has 0 fully saturated rings. The first-order chi connectivity index (χ1) is 14.4. The lowest BCUT2D eigenvalue weighted by molar-refractivity contribution is 0.0843. The van der Waals surface area contributed by atoms with E-state index in [-0.39, 0.29) is 27.6 Å². The van der Waals surface area contributed by atoms with Crippen LogP contribution in [0.15, 0.2) is 47.3 Å². The summed E-state index contributed by atoms with van der Waals surface area (Å²) in [4.78, 5) is 37.7. The van der Waals surface area contributed by atoms with Crippen molar-refractivity contribution in [2.45, 2.75) is 32.7 Å². The van der Waals surface area contributed by atoms with Gasteiger partial charge in [0.25, 0.3) is 17.4 Å². The van der Waals surface area contributed by atoms with Crippen LogP contribution in [-0.4, -0.2) is 26.7 Å². The molecule has 0 aliphatic heterocycles. The minimum absolute atomic E-state index is 0.0146. The van der Waals surface area contributed by atoms with Crippen molar-refractivity contribution in [3.05, 3.63) is 69.1 Å². The summed E-state index contributed by atoms with van der Waals surface area (Å²) in [5, 5.41) is 14.5. The van der Waals surface area contributed by atoms with Gasteiger partial charge in [-0.3, -0.25) is 25.2 Å². The van der Waals surface area contributed by atoms with Gasteiger partial charge in [0.2, 0.25) is 0 Å². The van der Waals surface area contributed by atoms with Gasteiger partial charge in [-0.25, -0.2) is 4.68 Å². The molecule has 0 aliphatic carbocycles. The molecule has 3 N–H and O–H groups in total. The van der Waals surface area contributed by atoms with Crippen molar-refractivity contribution >= 4 is 34.2 Å². The number of nitrogens with one attached hydrogen (secondary N) is 2. The van der Waals surface area contributed by atoms with Crippen molar-refractivity contribution in [3.8, 4) is 5.75 Å². The number of fused-ring (bicyclic) bond motifs is 1. The van der Waals surface area contributed by atoms with Crippen LogP contribution in [0.25, 0.3) is 10.8 Å². The van der Waals surface area contributed by atoms with Crippen molar-refractivity contribution in [1.29, 1.82) is 0 Å². The van der Waals surface area contributed by atoms with E-state index in [0.29, 0.717) is 17.3 Å². The number of phenolic OH excluding ortho intramolecular Hbond substituents is 1. The lowest BCUT2D eigenvalue weighted by atomic mass is 10.1. The molecular formula is C21H21ClN4O4. The van der Waals surface area contributed by atoms with Crippen molar-refractivity contribution in [2.24, 2.45) is 0 Å². The van der Waals surface area contributed by atoms with Gasteiger partial charge >= 0.3 is 0 Å². The molecule has 3 aromatic rings. The number of carbonyl (C=O) groups is 2. The van der Waals surface area contributed by atoms with Crippen LogP contribution in [0.5, 0.6) is 5.75 Å². The second-order valence-corrected chi connectivity index (χ2v) is 7.11. The van der Waals surface area contributed by atoms with E-state index in [1.807, 2.05) is 0 Å². The van der Waals surface area contributed by atoms with Crippen LogP contribution in [0, 0.1) is 0 Å². The number of unbranched alkanes of at least 4 members (excludes halogenated alkanes) is 2. The number of rotatable bonds is 6. The molecule has 0 aliphatic rings. The van der Waals surface area contributed by atoms with Crippen LogP contribution >= 0.6 is 11.6 Å². The van der Waals surface area contributed by atoms with Gasteiger partial charge in [0.15, 0.2) is 5.69 Å². The van der Waals surface area contributed by atoms with Crippen LogP contribution in [-0.2, 0) is 6.54 Å².